The first-order valence-electron chi connectivity index (χ1n) is 12.4. The van der Waals surface area contributed by atoms with Gasteiger partial charge in [-0.3, -0.25) is 9.59 Å². The predicted molar refractivity (Wildman–Crippen MR) is 131 cm³/mol. The molecule has 184 valence electrons. The Balaban J connectivity index is 1.19. The highest BCUT2D eigenvalue weighted by Crippen LogP contribution is 2.64. The van der Waals surface area contributed by atoms with Gasteiger partial charge in [0.1, 0.15) is 13.2 Å². The fourth-order valence-corrected chi connectivity index (χ4v) is 6.21. The highest BCUT2D eigenvalue weighted by atomic mass is 16.5. The molecule has 3 aliphatic carbocycles. The van der Waals surface area contributed by atoms with E-state index in [1.54, 1.807) is 0 Å². The number of fused-ring (bicyclic) bond motifs is 4. The zero-order chi connectivity index (χ0) is 24.7. The van der Waals surface area contributed by atoms with Gasteiger partial charge in [0.25, 0.3) is 0 Å². The number of carboxylic acids is 1. The Morgan fingerprint density at radius 3 is 2.29 bits per heavy atom. The summed E-state index contributed by atoms with van der Waals surface area (Å²) >= 11 is 0. The molecule has 3 aliphatic rings. The molecule has 35 heavy (non-hydrogen) atoms. The maximum absolute atomic E-state index is 13.3. The second kappa shape index (κ2) is 9.02. The Bertz CT molecular complexity index is 1120. The maximum Gasteiger partial charge on any atom is 0.407 e. The second-order valence-corrected chi connectivity index (χ2v) is 10.6. The van der Waals surface area contributed by atoms with Crippen LogP contribution >= 0.6 is 0 Å². The van der Waals surface area contributed by atoms with E-state index in [4.69, 9.17) is 4.74 Å². The van der Waals surface area contributed by atoms with Gasteiger partial charge >= 0.3 is 12.1 Å². The number of nitrogens with zero attached hydrogens (tertiary/aromatic N) is 1. The van der Waals surface area contributed by atoms with E-state index in [1.807, 2.05) is 38.1 Å². The van der Waals surface area contributed by atoms with Crippen LogP contribution in [-0.2, 0) is 14.3 Å². The summed E-state index contributed by atoms with van der Waals surface area (Å²) in [5.41, 5.74) is 4.15. The minimum absolute atomic E-state index is 0.00124. The molecule has 2 N–H and O–H groups in total. The highest BCUT2D eigenvalue weighted by molar-refractivity contribution is 5.89. The Kier molecular flexibility index (Phi) is 6.03. The minimum atomic E-state index is -1.00. The van der Waals surface area contributed by atoms with Crippen molar-refractivity contribution in [1.29, 1.82) is 0 Å². The van der Waals surface area contributed by atoms with Gasteiger partial charge in [0.15, 0.2) is 0 Å². The number of benzene rings is 2. The van der Waals surface area contributed by atoms with Gasteiger partial charge in [0.2, 0.25) is 5.91 Å². The summed E-state index contributed by atoms with van der Waals surface area (Å²) in [4.78, 5) is 38.7. The maximum atomic E-state index is 13.3. The third kappa shape index (κ3) is 4.40. The monoisotopic (exact) mass is 476 g/mol. The van der Waals surface area contributed by atoms with Gasteiger partial charge in [-0.05, 0) is 53.4 Å². The number of alkyl carbamates (subject to hydrolysis) is 1. The summed E-state index contributed by atoms with van der Waals surface area (Å²) in [5.74, 6) is -0.714. The van der Waals surface area contributed by atoms with E-state index in [9.17, 15) is 19.5 Å². The van der Waals surface area contributed by atoms with Gasteiger partial charge in [-0.25, -0.2) is 4.79 Å². The third-order valence-electron chi connectivity index (χ3n) is 7.70. The summed E-state index contributed by atoms with van der Waals surface area (Å²) < 4.78 is 5.67. The van der Waals surface area contributed by atoms with Gasteiger partial charge in [-0.15, -0.1) is 0 Å². The number of hydrogen-bond acceptors (Lipinski definition) is 4. The zero-order valence-corrected chi connectivity index (χ0v) is 20.2. The van der Waals surface area contributed by atoms with Crippen molar-refractivity contribution in [3.05, 3.63) is 59.7 Å². The largest absolute Gasteiger partial charge is 0.480 e. The lowest BCUT2D eigenvalue weighted by molar-refractivity contribution is -0.147. The van der Waals surface area contributed by atoms with Crippen LogP contribution in [-0.4, -0.2) is 53.7 Å². The lowest BCUT2D eigenvalue weighted by atomic mass is 9.98. The van der Waals surface area contributed by atoms with Crippen LogP contribution in [0.15, 0.2) is 48.5 Å². The van der Waals surface area contributed by atoms with E-state index in [1.165, 1.54) is 16.0 Å². The molecule has 0 heterocycles. The molecule has 2 amide bonds. The van der Waals surface area contributed by atoms with Crippen LogP contribution in [0.2, 0.25) is 0 Å². The van der Waals surface area contributed by atoms with Crippen molar-refractivity contribution in [2.24, 2.45) is 17.3 Å². The Labute approximate surface area is 205 Å². The molecule has 0 aliphatic heterocycles. The van der Waals surface area contributed by atoms with E-state index in [0.29, 0.717) is 13.0 Å². The first-order valence-corrected chi connectivity index (χ1v) is 12.4. The van der Waals surface area contributed by atoms with E-state index >= 15 is 0 Å². The van der Waals surface area contributed by atoms with Crippen molar-refractivity contribution >= 4 is 18.0 Å². The molecule has 0 bridgehead atoms. The number of hydrogen-bond donors (Lipinski definition) is 2. The summed E-state index contributed by atoms with van der Waals surface area (Å²) in [5, 5.41) is 12.2. The van der Waals surface area contributed by atoms with Crippen molar-refractivity contribution in [3.8, 4) is 11.1 Å². The molecule has 3 atom stereocenters. The van der Waals surface area contributed by atoms with E-state index < -0.39 is 17.5 Å². The average Bonchev–Trinajstić information content (AvgIpc) is 3.24. The molecule has 0 saturated heterocycles. The molecule has 2 saturated carbocycles. The first kappa shape index (κ1) is 23.4. The normalized spacial score (nSPS) is 23.9. The number of carbonyl (C=O) groups is 3. The number of carboxylic acid groups (broad SMARTS) is 1. The van der Waals surface area contributed by atoms with E-state index in [0.717, 1.165) is 24.0 Å². The SMILES string of the molecule is CC(C)CN(CC(=O)O)C(=O)[C@@]12C[C@@H](NC(=O)OCC3c4ccccc4-c4ccccc43)C[C@@H]1C2. The van der Waals surface area contributed by atoms with Gasteiger partial charge in [-0.1, -0.05) is 62.4 Å². The molecule has 2 aromatic rings. The van der Waals surface area contributed by atoms with Gasteiger partial charge < -0.3 is 20.1 Å². The Hall–Kier alpha value is -3.35. The topological polar surface area (TPSA) is 95.9 Å². The second-order valence-electron chi connectivity index (χ2n) is 10.6. The zero-order valence-electron chi connectivity index (χ0n) is 20.2. The molecular weight excluding hydrogens is 444 g/mol. The van der Waals surface area contributed by atoms with Crippen molar-refractivity contribution in [2.45, 2.75) is 45.1 Å². The molecule has 7 nitrogen and oxygen atoms in total. The molecule has 5 rings (SSSR count). The molecule has 7 heteroatoms. The number of carbonyl (C=O) groups excluding carboxylic acids is 2. The van der Waals surface area contributed by atoms with Gasteiger partial charge in [0.05, 0.1) is 5.41 Å². The van der Waals surface area contributed by atoms with E-state index in [-0.39, 0.29) is 42.9 Å². The number of amides is 2. The average molecular weight is 477 g/mol. The molecule has 0 unspecified atom stereocenters. The third-order valence-corrected chi connectivity index (χ3v) is 7.70. The molecule has 0 aromatic heterocycles. The van der Waals surface area contributed by atoms with Crippen LogP contribution in [0.1, 0.15) is 50.2 Å². The lowest BCUT2D eigenvalue weighted by Gasteiger charge is -2.27. The fourth-order valence-electron chi connectivity index (χ4n) is 6.21. The standard InChI is InChI=1S/C28H32N2O5/c1-17(2)14-30(15-25(31)32)26(33)28-12-18(28)11-19(13-28)29-27(34)35-16-24-22-9-5-3-7-20(22)21-8-4-6-10-23(21)24/h3-10,17-19,24H,11-16H2,1-2H3,(H,29,34)(H,31,32)/t18-,19+,28+/m1/s1. The van der Waals surface area contributed by atoms with Crippen LogP contribution in [0.3, 0.4) is 0 Å². The number of ether oxygens (including phenoxy) is 1. The van der Waals surface area contributed by atoms with Crippen molar-refractivity contribution in [2.75, 3.05) is 19.7 Å². The van der Waals surface area contributed by atoms with E-state index in [2.05, 4.69) is 29.6 Å². The predicted octanol–water partition coefficient (Wildman–Crippen LogP) is 4.26. The molecule has 2 aromatic carbocycles. The molecular formula is C28H32N2O5. The highest BCUT2D eigenvalue weighted by Gasteiger charge is 2.66. The summed E-state index contributed by atoms with van der Waals surface area (Å²) in [6.45, 7) is 4.33. The molecule has 0 radical (unpaired) electrons. The van der Waals surface area contributed by atoms with Crippen LogP contribution < -0.4 is 5.32 Å². The molecule has 2 fully saturated rings. The smallest absolute Gasteiger partial charge is 0.407 e. The number of aliphatic carboxylic acids is 1. The fraction of sp³-hybridized carbons (Fsp3) is 0.464. The van der Waals surface area contributed by atoms with Crippen molar-refractivity contribution in [1.82, 2.24) is 10.2 Å². The van der Waals surface area contributed by atoms with Crippen molar-refractivity contribution < 1.29 is 24.2 Å². The number of nitrogens with one attached hydrogen (secondary N) is 1. The lowest BCUT2D eigenvalue weighted by Crippen LogP contribution is -2.44. The number of rotatable bonds is 8. The van der Waals surface area contributed by atoms with Crippen LogP contribution in [0.5, 0.6) is 0 Å². The molecule has 0 spiro atoms. The summed E-state index contributed by atoms with van der Waals surface area (Å²) in [6, 6.07) is 16.3. The van der Waals surface area contributed by atoms with Crippen molar-refractivity contribution in [3.63, 3.8) is 0 Å². The van der Waals surface area contributed by atoms with Crippen LogP contribution in [0, 0.1) is 17.3 Å². The van der Waals surface area contributed by atoms with Crippen LogP contribution in [0.4, 0.5) is 4.79 Å². The van der Waals surface area contributed by atoms with Gasteiger partial charge in [0, 0.05) is 18.5 Å². The summed E-state index contributed by atoms with van der Waals surface area (Å²) in [7, 11) is 0. The Morgan fingerprint density at radius 1 is 1.06 bits per heavy atom. The Morgan fingerprint density at radius 2 is 1.69 bits per heavy atom. The van der Waals surface area contributed by atoms with Gasteiger partial charge in [-0.2, -0.15) is 0 Å². The quantitative estimate of drug-likeness (QED) is 0.593. The minimum Gasteiger partial charge on any atom is -0.480 e. The van der Waals surface area contributed by atoms with Crippen LogP contribution in [0.25, 0.3) is 11.1 Å². The summed E-state index contributed by atoms with van der Waals surface area (Å²) in [6.07, 6.45) is 1.56. The first-order chi connectivity index (χ1) is 16.8.